The van der Waals surface area contributed by atoms with Crippen LogP contribution in [0.2, 0.25) is 0 Å². The van der Waals surface area contributed by atoms with Gasteiger partial charge in [0.05, 0.1) is 19.1 Å². The number of hydrogen-bond donors (Lipinski definition) is 0. The van der Waals surface area contributed by atoms with E-state index >= 15 is 4.39 Å². The van der Waals surface area contributed by atoms with E-state index in [0.717, 1.165) is 5.56 Å². The van der Waals surface area contributed by atoms with Crippen molar-refractivity contribution in [3.63, 3.8) is 0 Å². The Bertz CT molecular complexity index is 1370. The van der Waals surface area contributed by atoms with Crippen LogP contribution in [0.25, 0.3) is 0 Å². The first kappa shape index (κ1) is 26.3. The summed E-state index contributed by atoms with van der Waals surface area (Å²) in [6.45, 7) is 2.80. The van der Waals surface area contributed by atoms with Gasteiger partial charge in [-0.1, -0.05) is 36.4 Å². The third-order valence-electron chi connectivity index (χ3n) is 7.82. The van der Waals surface area contributed by atoms with Gasteiger partial charge in [-0.2, -0.15) is 4.31 Å². The van der Waals surface area contributed by atoms with Gasteiger partial charge in [0.25, 0.3) is 0 Å². The van der Waals surface area contributed by atoms with E-state index in [1.54, 1.807) is 24.8 Å². The summed E-state index contributed by atoms with van der Waals surface area (Å²) in [4.78, 5) is 14.5. The minimum Gasteiger partial charge on any atom is -0.469 e. The maximum Gasteiger partial charge on any atom is 0.312 e. The van der Waals surface area contributed by atoms with Gasteiger partial charge in [0.15, 0.2) is 0 Å². The molecule has 2 aromatic carbocycles. The number of piperidine rings is 1. The number of benzene rings is 2. The summed E-state index contributed by atoms with van der Waals surface area (Å²) in [5.74, 6) is -1.29. The molecule has 2 saturated heterocycles. The molecule has 0 N–H and O–H groups in total. The molecule has 0 amide bonds. The second kappa shape index (κ2) is 10.8. The molecule has 0 unspecified atom stereocenters. The molecule has 0 aliphatic carbocycles. The quantitative estimate of drug-likeness (QED) is 0.439. The lowest BCUT2D eigenvalue weighted by Crippen LogP contribution is -2.45. The summed E-state index contributed by atoms with van der Waals surface area (Å²) >= 11 is 0. The predicted octanol–water partition coefficient (Wildman–Crippen LogP) is 3.71. The van der Waals surface area contributed by atoms with Crippen molar-refractivity contribution in [3.8, 4) is 0 Å². The van der Waals surface area contributed by atoms with Crippen LogP contribution in [-0.2, 0) is 26.1 Å². The van der Waals surface area contributed by atoms with E-state index in [-0.39, 0.29) is 24.6 Å². The molecule has 202 valence electrons. The standard InChI is InChI=1S/C27H32FN5O4S/c1-19-8-11-26(20-6-4-3-5-7-20)38(35,36)33(19)15-21-9-10-22(14-24(21)28)31-13-12-25(32-17-29-30-18-32)23(16-31)27(34)37-2/h3-7,9-10,14,17-19,23,25-26H,8,11-13,15-16H2,1-2H3/t19-,23+,25+,26+/m0/s1. The van der Waals surface area contributed by atoms with Crippen molar-refractivity contribution in [1.29, 1.82) is 0 Å². The number of nitrogens with zero attached hydrogens (tertiary/aromatic N) is 5. The zero-order valence-electron chi connectivity index (χ0n) is 21.5. The molecule has 0 bridgehead atoms. The van der Waals surface area contributed by atoms with E-state index in [2.05, 4.69) is 10.2 Å². The van der Waals surface area contributed by atoms with Gasteiger partial charge in [0.2, 0.25) is 10.0 Å². The van der Waals surface area contributed by atoms with Crippen molar-refractivity contribution in [2.75, 3.05) is 25.1 Å². The van der Waals surface area contributed by atoms with Gasteiger partial charge >= 0.3 is 5.97 Å². The fourth-order valence-corrected chi connectivity index (χ4v) is 7.86. The topological polar surface area (TPSA) is 97.6 Å². The number of carbonyl (C=O) groups excluding carboxylic acids is 1. The van der Waals surface area contributed by atoms with Crippen LogP contribution in [0.4, 0.5) is 10.1 Å². The first-order chi connectivity index (χ1) is 18.3. The number of carbonyl (C=O) groups is 1. The van der Waals surface area contributed by atoms with Crippen molar-refractivity contribution in [2.45, 2.75) is 50.1 Å². The summed E-state index contributed by atoms with van der Waals surface area (Å²) in [6.07, 6.45) is 5.05. The third-order valence-corrected chi connectivity index (χ3v) is 10.2. The molecule has 3 heterocycles. The summed E-state index contributed by atoms with van der Waals surface area (Å²) in [5, 5.41) is 7.07. The van der Waals surface area contributed by atoms with Crippen LogP contribution in [0, 0.1) is 11.7 Å². The van der Waals surface area contributed by atoms with E-state index in [9.17, 15) is 13.2 Å². The van der Waals surface area contributed by atoms with Crippen molar-refractivity contribution in [2.24, 2.45) is 5.92 Å². The first-order valence-corrected chi connectivity index (χ1v) is 14.3. The molecule has 0 spiro atoms. The maximum atomic E-state index is 15.4. The smallest absolute Gasteiger partial charge is 0.312 e. The number of halogens is 1. The van der Waals surface area contributed by atoms with Gasteiger partial charge in [0, 0.05) is 36.9 Å². The van der Waals surface area contributed by atoms with Gasteiger partial charge in [-0.15, -0.1) is 10.2 Å². The number of anilines is 1. The van der Waals surface area contributed by atoms with Gasteiger partial charge in [-0.3, -0.25) is 4.79 Å². The van der Waals surface area contributed by atoms with Gasteiger partial charge < -0.3 is 14.2 Å². The highest BCUT2D eigenvalue weighted by Crippen LogP contribution is 2.39. The molecule has 4 atom stereocenters. The Morgan fingerprint density at radius 1 is 1.08 bits per heavy atom. The monoisotopic (exact) mass is 541 g/mol. The zero-order chi connectivity index (χ0) is 26.9. The average molecular weight is 542 g/mol. The number of aromatic nitrogens is 3. The second-order valence-electron chi connectivity index (χ2n) is 10.0. The number of rotatable bonds is 6. The SMILES string of the molecule is COC(=O)[C@@H]1CN(c2ccc(CN3[C@@H](C)CC[C@H](c4ccccc4)S3(=O)=O)c(F)c2)CC[C@H]1n1cnnc1. The van der Waals surface area contributed by atoms with E-state index < -0.39 is 27.0 Å². The minimum atomic E-state index is -3.67. The Balaban J connectivity index is 1.34. The predicted molar refractivity (Wildman–Crippen MR) is 140 cm³/mol. The van der Waals surface area contributed by atoms with Crippen LogP contribution in [0.15, 0.2) is 61.2 Å². The summed E-state index contributed by atoms with van der Waals surface area (Å²) in [5.41, 5.74) is 1.72. The van der Waals surface area contributed by atoms with E-state index in [4.69, 9.17) is 4.74 Å². The van der Waals surface area contributed by atoms with Gasteiger partial charge in [-0.25, -0.2) is 12.8 Å². The van der Waals surface area contributed by atoms with Crippen molar-refractivity contribution < 1.29 is 22.3 Å². The highest BCUT2D eigenvalue weighted by Gasteiger charge is 2.41. The van der Waals surface area contributed by atoms with Crippen LogP contribution >= 0.6 is 0 Å². The maximum absolute atomic E-state index is 15.4. The number of methoxy groups -OCH3 is 1. The first-order valence-electron chi connectivity index (χ1n) is 12.8. The molecule has 5 rings (SSSR count). The molecule has 3 aromatic rings. The normalized spacial score (nSPS) is 25.7. The Hall–Kier alpha value is -3.31. The van der Waals surface area contributed by atoms with Gasteiger partial charge in [0.1, 0.15) is 23.7 Å². The summed E-state index contributed by atoms with van der Waals surface area (Å²) in [6, 6.07) is 13.7. The molecule has 2 aliphatic rings. The highest BCUT2D eigenvalue weighted by atomic mass is 32.2. The molecule has 0 radical (unpaired) electrons. The van der Waals surface area contributed by atoms with Crippen molar-refractivity contribution in [3.05, 3.63) is 78.1 Å². The molecule has 1 aromatic heterocycles. The molecular weight excluding hydrogens is 509 g/mol. The summed E-state index contributed by atoms with van der Waals surface area (Å²) in [7, 11) is -2.31. The Labute approximate surface area is 222 Å². The molecule has 2 aliphatic heterocycles. The Kier molecular flexibility index (Phi) is 7.49. The second-order valence-corrected chi connectivity index (χ2v) is 12.1. The van der Waals surface area contributed by atoms with E-state index in [1.165, 1.54) is 17.5 Å². The van der Waals surface area contributed by atoms with Crippen LogP contribution in [-0.4, -0.2) is 59.7 Å². The van der Waals surface area contributed by atoms with Crippen molar-refractivity contribution >= 4 is 21.7 Å². The lowest BCUT2D eigenvalue weighted by atomic mass is 9.91. The Morgan fingerprint density at radius 3 is 2.50 bits per heavy atom. The van der Waals surface area contributed by atoms with E-state index in [0.29, 0.717) is 43.6 Å². The molecule has 9 nitrogen and oxygen atoms in total. The number of sulfonamides is 1. The van der Waals surface area contributed by atoms with Crippen molar-refractivity contribution in [1.82, 2.24) is 19.1 Å². The minimum absolute atomic E-state index is 0.0283. The number of esters is 1. The molecular formula is C27H32FN5O4S. The lowest BCUT2D eigenvalue weighted by Gasteiger charge is -2.39. The number of hydrogen-bond acceptors (Lipinski definition) is 7. The fourth-order valence-electron chi connectivity index (χ4n) is 5.67. The van der Waals surface area contributed by atoms with Crippen LogP contribution in [0.5, 0.6) is 0 Å². The van der Waals surface area contributed by atoms with Gasteiger partial charge in [-0.05, 0) is 43.9 Å². The molecule has 0 saturated carbocycles. The van der Waals surface area contributed by atoms with Crippen LogP contribution in [0.3, 0.4) is 0 Å². The number of ether oxygens (including phenoxy) is 1. The third kappa shape index (κ3) is 5.04. The molecule has 2 fully saturated rings. The molecule has 11 heteroatoms. The Morgan fingerprint density at radius 2 is 1.82 bits per heavy atom. The largest absolute Gasteiger partial charge is 0.469 e. The average Bonchev–Trinajstić information content (AvgIpc) is 3.46. The summed E-state index contributed by atoms with van der Waals surface area (Å²) < 4.78 is 50.8. The van der Waals surface area contributed by atoms with Crippen LogP contribution in [0.1, 0.15) is 48.6 Å². The fraction of sp³-hybridized carbons (Fsp3) is 0.444. The molecule has 38 heavy (non-hydrogen) atoms. The lowest BCUT2D eigenvalue weighted by molar-refractivity contribution is -0.147. The van der Waals surface area contributed by atoms with Crippen LogP contribution < -0.4 is 4.90 Å². The zero-order valence-corrected chi connectivity index (χ0v) is 22.3. The highest BCUT2D eigenvalue weighted by molar-refractivity contribution is 7.89. The van der Waals surface area contributed by atoms with E-state index in [1.807, 2.05) is 46.7 Å².